The summed E-state index contributed by atoms with van der Waals surface area (Å²) in [6, 6.07) is 6.07. The number of amides is 1. The van der Waals surface area contributed by atoms with Crippen LogP contribution in [0, 0.1) is 13.8 Å². The van der Waals surface area contributed by atoms with Gasteiger partial charge in [-0.15, -0.1) is 0 Å². The first kappa shape index (κ1) is 13.6. The summed E-state index contributed by atoms with van der Waals surface area (Å²) in [6.45, 7) is 10.2. The minimum atomic E-state index is -0.453. The molecule has 0 saturated carbocycles. The monoisotopic (exact) mass is 235 g/mol. The maximum absolute atomic E-state index is 11.5. The molecule has 1 aromatic carbocycles. The maximum atomic E-state index is 11.5. The van der Waals surface area contributed by atoms with Gasteiger partial charge in [0.05, 0.1) is 0 Å². The van der Waals surface area contributed by atoms with Crippen LogP contribution in [-0.2, 0) is 11.3 Å². The van der Waals surface area contributed by atoms with Gasteiger partial charge in [-0.25, -0.2) is 4.79 Å². The Morgan fingerprint density at radius 2 is 1.94 bits per heavy atom. The first-order chi connectivity index (χ1) is 7.79. The predicted molar refractivity (Wildman–Crippen MR) is 69.0 cm³/mol. The Balaban J connectivity index is 2.56. The molecule has 0 aromatic heterocycles. The topological polar surface area (TPSA) is 38.3 Å². The number of carbonyl (C=O) groups is 1. The fraction of sp³-hybridized carbons (Fsp3) is 0.500. The fourth-order valence-electron chi connectivity index (χ4n) is 1.48. The van der Waals surface area contributed by atoms with Crippen LogP contribution in [0.5, 0.6) is 0 Å². The molecule has 0 atom stereocenters. The average molecular weight is 235 g/mol. The molecular weight excluding hydrogens is 214 g/mol. The summed E-state index contributed by atoms with van der Waals surface area (Å²) in [5.41, 5.74) is 3.11. The van der Waals surface area contributed by atoms with Crippen LogP contribution in [0.4, 0.5) is 4.79 Å². The smallest absolute Gasteiger partial charge is 0.407 e. The van der Waals surface area contributed by atoms with Gasteiger partial charge in [0.25, 0.3) is 0 Å². The van der Waals surface area contributed by atoms with Gasteiger partial charge in [-0.1, -0.05) is 18.2 Å². The Labute approximate surface area is 103 Å². The van der Waals surface area contributed by atoms with Gasteiger partial charge in [-0.05, 0) is 51.3 Å². The highest BCUT2D eigenvalue weighted by Crippen LogP contribution is 2.12. The van der Waals surface area contributed by atoms with E-state index in [9.17, 15) is 4.79 Å². The summed E-state index contributed by atoms with van der Waals surface area (Å²) in [5.74, 6) is 0. The fourth-order valence-corrected chi connectivity index (χ4v) is 1.48. The van der Waals surface area contributed by atoms with Crippen molar-refractivity contribution in [2.75, 3.05) is 0 Å². The Hall–Kier alpha value is -1.51. The van der Waals surface area contributed by atoms with Crippen molar-refractivity contribution in [2.24, 2.45) is 0 Å². The van der Waals surface area contributed by atoms with Crippen LogP contribution in [0.25, 0.3) is 0 Å². The summed E-state index contributed by atoms with van der Waals surface area (Å²) in [6.07, 6.45) is -0.376. The molecule has 3 nitrogen and oxygen atoms in total. The van der Waals surface area contributed by atoms with E-state index >= 15 is 0 Å². The van der Waals surface area contributed by atoms with Crippen LogP contribution in [0.1, 0.15) is 37.5 Å². The van der Waals surface area contributed by atoms with Gasteiger partial charge in [0.1, 0.15) is 5.60 Å². The van der Waals surface area contributed by atoms with Gasteiger partial charge >= 0.3 is 6.09 Å². The normalized spacial score (nSPS) is 11.1. The molecule has 1 N–H and O–H groups in total. The molecular formula is C14H21NO2. The third kappa shape index (κ3) is 4.47. The third-order valence-corrected chi connectivity index (χ3v) is 2.54. The van der Waals surface area contributed by atoms with E-state index in [1.54, 1.807) is 0 Å². The lowest BCUT2D eigenvalue weighted by molar-refractivity contribution is 0.0523. The van der Waals surface area contributed by atoms with Gasteiger partial charge in [-0.3, -0.25) is 0 Å². The zero-order chi connectivity index (χ0) is 13.1. The molecule has 0 aliphatic carbocycles. The van der Waals surface area contributed by atoms with Crippen LogP contribution in [-0.4, -0.2) is 11.7 Å². The van der Waals surface area contributed by atoms with Crippen LogP contribution in [0.2, 0.25) is 0 Å². The third-order valence-electron chi connectivity index (χ3n) is 2.54. The molecule has 3 heteroatoms. The second-order valence-electron chi connectivity index (χ2n) is 5.21. The van der Waals surface area contributed by atoms with Crippen molar-refractivity contribution in [1.82, 2.24) is 5.32 Å². The maximum Gasteiger partial charge on any atom is 0.407 e. The van der Waals surface area contributed by atoms with Crippen LogP contribution >= 0.6 is 0 Å². The number of hydrogen-bond donors (Lipinski definition) is 1. The SMILES string of the molecule is Cc1cccc(CNC(=O)OC(C)(C)C)c1C. The molecule has 0 heterocycles. The first-order valence-corrected chi connectivity index (χ1v) is 5.81. The number of alkyl carbamates (subject to hydrolysis) is 1. The zero-order valence-electron chi connectivity index (χ0n) is 11.3. The standard InChI is InChI=1S/C14H21NO2/c1-10-7-6-8-12(11(10)2)9-15-13(16)17-14(3,4)5/h6-8H,9H2,1-5H3,(H,15,16). The van der Waals surface area contributed by atoms with E-state index in [1.807, 2.05) is 32.9 Å². The van der Waals surface area contributed by atoms with Crippen LogP contribution in [0.3, 0.4) is 0 Å². The summed E-state index contributed by atoms with van der Waals surface area (Å²) < 4.78 is 5.18. The van der Waals surface area contributed by atoms with Gasteiger partial charge in [-0.2, -0.15) is 0 Å². The van der Waals surface area contributed by atoms with Crippen molar-refractivity contribution in [2.45, 2.75) is 46.8 Å². The van der Waals surface area contributed by atoms with Crippen molar-refractivity contribution in [3.63, 3.8) is 0 Å². The summed E-state index contributed by atoms with van der Waals surface area (Å²) in [5, 5.41) is 2.76. The van der Waals surface area contributed by atoms with E-state index < -0.39 is 5.60 Å². The Morgan fingerprint density at radius 1 is 1.29 bits per heavy atom. The highest BCUT2D eigenvalue weighted by Gasteiger charge is 2.15. The van der Waals surface area contributed by atoms with Gasteiger partial charge in [0, 0.05) is 6.54 Å². The lowest BCUT2D eigenvalue weighted by Crippen LogP contribution is -2.32. The Morgan fingerprint density at radius 3 is 2.53 bits per heavy atom. The van der Waals surface area contributed by atoms with E-state index in [-0.39, 0.29) is 6.09 Å². The van der Waals surface area contributed by atoms with Crippen molar-refractivity contribution in [1.29, 1.82) is 0 Å². The second kappa shape index (κ2) is 5.21. The number of rotatable bonds is 2. The molecule has 1 aromatic rings. The largest absolute Gasteiger partial charge is 0.444 e. The molecule has 94 valence electrons. The van der Waals surface area contributed by atoms with E-state index in [1.165, 1.54) is 11.1 Å². The summed E-state index contributed by atoms with van der Waals surface area (Å²) in [4.78, 5) is 11.5. The van der Waals surface area contributed by atoms with Crippen molar-refractivity contribution in [3.05, 3.63) is 34.9 Å². The quantitative estimate of drug-likeness (QED) is 0.854. The summed E-state index contributed by atoms with van der Waals surface area (Å²) in [7, 11) is 0. The van der Waals surface area contributed by atoms with Crippen molar-refractivity contribution < 1.29 is 9.53 Å². The zero-order valence-corrected chi connectivity index (χ0v) is 11.3. The van der Waals surface area contributed by atoms with Gasteiger partial charge in [0.2, 0.25) is 0 Å². The molecule has 1 amide bonds. The van der Waals surface area contributed by atoms with Crippen molar-refractivity contribution in [3.8, 4) is 0 Å². The minimum absolute atomic E-state index is 0.376. The molecule has 1 rings (SSSR count). The molecule has 0 radical (unpaired) electrons. The molecule has 0 bridgehead atoms. The molecule has 0 saturated heterocycles. The van der Waals surface area contributed by atoms with Crippen molar-refractivity contribution >= 4 is 6.09 Å². The highest BCUT2D eigenvalue weighted by atomic mass is 16.6. The van der Waals surface area contributed by atoms with E-state index in [2.05, 4.69) is 25.2 Å². The first-order valence-electron chi connectivity index (χ1n) is 5.81. The van der Waals surface area contributed by atoms with E-state index in [4.69, 9.17) is 4.74 Å². The average Bonchev–Trinajstić information content (AvgIpc) is 2.18. The Kier molecular flexibility index (Phi) is 4.16. The predicted octanol–water partition coefficient (Wildman–Crippen LogP) is 3.33. The second-order valence-corrected chi connectivity index (χ2v) is 5.21. The van der Waals surface area contributed by atoms with Gasteiger partial charge < -0.3 is 10.1 Å². The van der Waals surface area contributed by atoms with E-state index in [0.717, 1.165) is 5.56 Å². The molecule has 17 heavy (non-hydrogen) atoms. The molecule has 0 spiro atoms. The summed E-state index contributed by atoms with van der Waals surface area (Å²) >= 11 is 0. The number of aryl methyl sites for hydroxylation is 1. The molecule has 0 unspecified atom stereocenters. The molecule has 0 fully saturated rings. The number of ether oxygens (including phenoxy) is 1. The number of benzene rings is 1. The molecule has 0 aliphatic heterocycles. The Bertz CT molecular complexity index is 405. The number of hydrogen-bond acceptors (Lipinski definition) is 2. The van der Waals surface area contributed by atoms with Gasteiger partial charge in [0.15, 0.2) is 0 Å². The number of nitrogens with one attached hydrogen (secondary N) is 1. The lowest BCUT2D eigenvalue weighted by Gasteiger charge is -2.20. The lowest BCUT2D eigenvalue weighted by atomic mass is 10.0. The highest BCUT2D eigenvalue weighted by molar-refractivity contribution is 5.67. The number of carbonyl (C=O) groups excluding carboxylic acids is 1. The minimum Gasteiger partial charge on any atom is -0.444 e. The van der Waals surface area contributed by atoms with E-state index in [0.29, 0.717) is 6.54 Å². The van der Waals surface area contributed by atoms with Crippen LogP contribution < -0.4 is 5.32 Å². The van der Waals surface area contributed by atoms with Crippen LogP contribution in [0.15, 0.2) is 18.2 Å². The molecule has 0 aliphatic rings.